The van der Waals surface area contributed by atoms with Crippen LogP contribution in [0.1, 0.15) is 26.5 Å². The molecule has 0 aliphatic carbocycles. The van der Waals surface area contributed by atoms with Crippen LogP contribution in [0.5, 0.6) is 0 Å². The predicted molar refractivity (Wildman–Crippen MR) is 131 cm³/mol. The molecule has 4 rings (SSSR count). The molecule has 2 aromatic carbocycles. The van der Waals surface area contributed by atoms with Crippen molar-refractivity contribution in [2.24, 2.45) is 0 Å². The summed E-state index contributed by atoms with van der Waals surface area (Å²) in [7, 11) is 0. The largest absolute Gasteiger partial charge is 0.339 e. The van der Waals surface area contributed by atoms with E-state index >= 15 is 0 Å². The van der Waals surface area contributed by atoms with Crippen LogP contribution in [-0.4, -0.2) is 22.8 Å². The minimum Gasteiger partial charge on any atom is -0.339 e. The number of benzene rings is 2. The maximum Gasteiger partial charge on any atom is 0.262 e. The van der Waals surface area contributed by atoms with Gasteiger partial charge in [0.1, 0.15) is 11.7 Å². The highest BCUT2D eigenvalue weighted by Crippen LogP contribution is 2.14. The zero-order chi connectivity index (χ0) is 22.9. The smallest absolute Gasteiger partial charge is 0.262 e. The number of pyridine rings is 1. The first-order valence-electron chi connectivity index (χ1n) is 10.4. The highest BCUT2D eigenvalue weighted by molar-refractivity contribution is 7.12. The van der Waals surface area contributed by atoms with Crippen molar-refractivity contribution in [1.29, 1.82) is 0 Å². The number of thiophene rings is 1. The Morgan fingerprint density at radius 2 is 1.76 bits per heavy atom. The zero-order valence-electron chi connectivity index (χ0n) is 17.7. The predicted octanol–water partition coefficient (Wildman–Crippen LogP) is 4.52. The van der Waals surface area contributed by atoms with Crippen LogP contribution < -0.4 is 10.6 Å². The molecule has 162 valence electrons. The van der Waals surface area contributed by atoms with Crippen LogP contribution in [0.2, 0.25) is 0 Å². The van der Waals surface area contributed by atoms with Crippen LogP contribution in [0.3, 0.4) is 0 Å². The Labute approximate surface area is 196 Å². The quantitative estimate of drug-likeness (QED) is 0.424. The first kappa shape index (κ1) is 22.0. The number of carbonyl (C=O) groups is 2. The van der Waals surface area contributed by atoms with Crippen molar-refractivity contribution in [2.75, 3.05) is 5.32 Å². The van der Waals surface area contributed by atoms with Crippen LogP contribution in [0.4, 0.5) is 5.69 Å². The number of aromatic nitrogens is 1. The molecular weight excluding hydrogens is 430 g/mol. The molecule has 2 aromatic heterocycles. The summed E-state index contributed by atoms with van der Waals surface area (Å²) in [6.07, 6.45) is 2.07. The van der Waals surface area contributed by atoms with Gasteiger partial charge >= 0.3 is 0 Å². The second-order valence-corrected chi connectivity index (χ2v) is 8.18. The summed E-state index contributed by atoms with van der Waals surface area (Å²) in [5.74, 6) is 5.51. The van der Waals surface area contributed by atoms with E-state index < -0.39 is 6.04 Å². The van der Waals surface area contributed by atoms with Crippen molar-refractivity contribution in [3.63, 3.8) is 0 Å². The van der Waals surface area contributed by atoms with Crippen LogP contribution >= 0.6 is 11.3 Å². The van der Waals surface area contributed by atoms with Crippen LogP contribution in [0.15, 0.2) is 96.5 Å². The Balaban J connectivity index is 1.50. The second-order valence-electron chi connectivity index (χ2n) is 7.23. The lowest BCUT2D eigenvalue weighted by molar-refractivity contribution is -0.118. The first-order chi connectivity index (χ1) is 16.2. The first-order valence-corrected chi connectivity index (χ1v) is 11.3. The molecule has 0 radical (unpaired) electrons. The minimum absolute atomic E-state index is 0.268. The van der Waals surface area contributed by atoms with E-state index in [9.17, 15) is 9.59 Å². The average molecular weight is 452 g/mol. The summed E-state index contributed by atoms with van der Waals surface area (Å²) in [5, 5.41) is 7.62. The Morgan fingerprint density at radius 1 is 0.909 bits per heavy atom. The van der Waals surface area contributed by atoms with Gasteiger partial charge in [-0.1, -0.05) is 54.5 Å². The number of rotatable bonds is 6. The van der Waals surface area contributed by atoms with Gasteiger partial charge in [0.15, 0.2) is 0 Å². The summed E-state index contributed by atoms with van der Waals surface area (Å²) in [4.78, 5) is 30.5. The Morgan fingerprint density at radius 3 is 2.52 bits per heavy atom. The molecular formula is C27H21N3O2S. The second kappa shape index (κ2) is 10.9. The standard InChI is InChI=1S/C27H21N3O2S/c31-26(29-23-12-6-10-21(18-23)14-15-22-11-4-5-16-28-22)24(19-20-8-2-1-3-9-20)30-27(32)25-13-7-17-33-25/h1-13,16-18,24H,19H2,(H,29,31)(H,30,32). The number of hydrogen-bond donors (Lipinski definition) is 2. The summed E-state index contributed by atoms with van der Waals surface area (Å²) in [5.41, 5.74) is 2.99. The fraction of sp³-hybridized carbons (Fsp3) is 0.0741. The Kier molecular flexibility index (Phi) is 7.26. The summed E-state index contributed by atoms with van der Waals surface area (Å²) < 4.78 is 0. The van der Waals surface area contributed by atoms with Gasteiger partial charge in [-0.2, -0.15) is 0 Å². The molecule has 0 aliphatic heterocycles. The molecule has 1 unspecified atom stereocenters. The molecule has 0 fully saturated rings. The molecule has 33 heavy (non-hydrogen) atoms. The highest BCUT2D eigenvalue weighted by Gasteiger charge is 2.22. The van der Waals surface area contributed by atoms with Gasteiger partial charge in [-0.3, -0.25) is 9.59 Å². The molecule has 0 saturated carbocycles. The Hall–Kier alpha value is -4.21. The molecule has 2 amide bonds. The summed E-state index contributed by atoms with van der Waals surface area (Å²) >= 11 is 1.34. The maximum atomic E-state index is 13.1. The van der Waals surface area contributed by atoms with Gasteiger partial charge < -0.3 is 10.6 Å². The fourth-order valence-electron chi connectivity index (χ4n) is 3.17. The topological polar surface area (TPSA) is 71.1 Å². The monoisotopic (exact) mass is 451 g/mol. The molecule has 2 heterocycles. The van der Waals surface area contributed by atoms with Gasteiger partial charge in [0.05, 0.1) is 4.88 Å². The lowest BCUT2D eigenvalue weighted by Gasteiger charge is -2.18. The molecule has 1 atom stereocenters. The molecule has 0 aliphatic rings. The van der Waals surface area contributed by atoms with Crippen LogP contribution in [-0.2, 0) is 11.2 Å². The number of nitrogens with zero attached hydrogens (tertiary/aromatic N) is 1. The maximum absolute atomic E-state index is 13.1. The molecule has 4 aromatic rings. The Bertz CT molecular complexity index is 1280. The van der Waals surface area contributed by atoms with Crippen LogP contribution in [0, 0.1) is 11.8 Å². The van der Waals surface area contributed by atoms with Crippen molar-refractivity contribution in [1.82, 2.24) is 10.3 Å². The van der Waals surface area contributed by atoms with E-state index in [1.807, 2.05) is 72.1 Å². The van der Waals surface area contributed by atoms with Crippen molar-refractivity contribution < 1.29 is 9.59 Å². The average Bonchev–Trinajstić information content (AvgIpc) is 3.39. The van der Waals surface area contributed by atoms with Gasteiger partial charge in [0.25, 0.3) is 5.91 Å². The van der Waals surface area contributed by atoms with Gasteiger partial charge in [0.2, 0.25) is 5.91 Å². The van der Waals surface area contributed by atoms with Crippen molar-refractivity contribution in [3.8, 4) is 11.8 Å². The highest BCUT2D eigenvalue weighted by atomic mass is 32.1. The van der Waals surface area contributed by atoms with E-state index in [0.29, 0.717) is 22.7 Å². The van der Waals surface area contributed by atoms with E-state index in [1.54, 1.807) is 24.4 Å². The number of amides is 2. The number of anilines is 1. The van der Waals surface area contributed by atoms with Crippen molar-refractivity contribution >= 4 is 28.8 Å². The third-order valence-electron chi connectivity index (χ3n) is 4.78. The summed E-state index contributed by atoms with van der Waals surface area (Å²) in [6, 6.07) is 25.3. The molecule has 5 nitrogen and oxygen atoms in total. The third kappa shape index (κ3) is 6.39. The van der Waals surface area contributed by atoms with E-state index in [0.717, 1.165) is 11.1 Å². The van der Waals surface area contributed by atoms with E-state index in [2.05, 4.69) is 27.5 Å². The van der Waals surface area contributed by atoms with Gasteiger partial charge in [-0.25, -0.2) is 4.98 Å². The number of nitrogens with one attached hydrogen (secondary N) is 2. The molecule has 2 N–H and O–H groups in total. The molecule has 0 spiro atoms. The molecule has 0 bridgehead atoms. The van der Waals surface area contributed by atoms with Crippen LogP contribution in [0.25, 0.3) is 0 Å². The summed E-state index contributed by atoms with van der Waals surface area (Å²) in [6.45, 7) is 0. The van der Waals surface area contributed by atoms with E-state index in [-0.39, 0.29) is 11.8 Å². The lowest BCUT2D eigenvalue weighted by atomic mass is 10.0. The van der Waals surface area contributed by atoms with Gasteiger partial charge in [-0.15, -0.1) is 11.3 Å². The SMILES string of the molecule is O=C(NC(Cc1ccccc1)C(=O)Nc1cccc(C#Cc2ccccn2)c1)c1cccs1. The number of carbonyl (C=O) groups excluding carboxylic acids is 2. The third-order valence-corrected chi connectivity index (χ3v) is 5.65. The minimum atomic E-state index is -0.731. The van der Waals surface area contributed by atoms with Gasteiger partial charge in [0, 0.05) is 23.9 Å². The molecule has 6 heteroatoms. The van der Waals surface area contributed by atoms with E-state index in [4.69, 9.17) is 0 Å². The molecule has 0 saturated heterocycles. The number of hydrogen-bond acceptors (Lipinski definition) is 4. The lowest BCUT2D eigenvalue weighted by Crippen LogP contribution is -2.45. The van der Waals surface area contributed by atoms with Gasteiger partial charge in [-0.05, 0) is 53.3 Å². The van der Waals surface area contributed by atoms with Crippen molar-refractivity contribution in [2.45, 2.75) is 12.5 Å². The van der Waals surface area contributed by atoms with E-state index in [1.165, 1.54) is 11.3 Å². The normalized spacial score (nSPS) is 11.0. The fourth-order valence-corrected chi connectivity index (χ4v) is 3.80. The zero-order valence-corrected chi connectivity index (χ0v) is 18.5. The van der Waals surface area contributed by atoms with Crippen molar-refractivity contribution in [3.05, 3.63) is 118 Å².